The van der Waals surface area contributed by atoms with Crippen LogP contribution < -0.4 is 10.5 Å². The molecule has 2 aromatic heterocycles. The summed E-state index contributed by atoms with van der Waals surface area (Å²) < 4.78 is 78.9. The Morgan fingerprint density at radius 1 is 1.26 bits per heavy atom. The first-order valence-electron chi connectivity index (χ1n) is 8.77. The lowest BCUT2D eigenvalue weighted by Gasteiger charge is -2.48. The first kappa shape index (κ1) is 21.7. The zero-order valence-corrected chi connectivity index (χ0v) is 17.1. The zero-order valence-electron chi connectivity index (χ0n) is 15.6. The second-order valence-corrected chi connectivity index (χ2v) is 9.19. The van der Waals surface area contributed by atoms with E-state index >= 15 is 0 Å². The number of halogens is 5. The number of hydrogen-bond donors (Lipinski definition) is 2. The number of benzene rings is 1. The Kier molecular flexibility index (Phi) is 5.11. The molecule has 0 radical (unpaired) electrons. The molecule has 1 aromatic carbocycles. The molecule has 1 saturated heterocycles. The van der Waals surface area contributed by atoms with E-state index in [0.29, 0.717) is 10.4 Å². The maximum Gasteiger partial charge on any atom is 0.433 e. The average molecular weight is 479 g/mol. The largest absolute Gasteiger partial charge is 0.433 e. The summed E-state index contributed by atoms with van der Waals surface area (Å²) in [5.41, 5.74) is -2.02. The highest BCUT2D eigenvalue weighted by Gasteiger charge is 2.49. The third kappa shape index (κ3) is 4.18. The van der Waals surface area contributed by atoms with Crippen molar-refractivity contribution < 1.29 is 26.0 Å². The van der Waals surface area contributed by atoms with Gasteiger partial charge in [-0.15, -0.1) is 0 Å². The summed E-state index contributed by atoms with van der Waals surface area (Å²) in [5.74, 6) is -0.645. The van der Waals surface area contributed by atoms with E-state index in [1.807, 2.05) is 0 Å². The highest BCUT2D eigenvalue weighted by molar-refractivity contribution is 7.86. The third-order valence-electron chi connectivity index (χ3n) is 5.01. The van der Waals surface area contributed by atoms with Crippen LogP contribution >= 0.6 is 11.6 Å². The molecule has 3 heterocycles. The van der Waals surface area contributed by atoms with E-state index in [2.05, 4.69) is 15.4 Å². The van der Waals surface area contributed by atoms with Gasteiger partial charge in [-0.2, -0.15) is 31.0 Å². The summed E-state index contributed by atoms with van der Waals surface area (Å²) >= 11 is 6.00. The molecule has 31 heavy (non-hydrogen) atoms. The molecule has 3 N–H and O–H groups in total. The van der Waals surface area contributed by atoms with E-state index in [4.69, 9.17) is 16.7 Å². The highest BCUT2D eigenvalue weighted by Crippen LogP contribution is 2.36. The molecule has 0 spiro atoms. The number of aromatic nitrogens is 3. The Morgan fingerprint density at radius 3 is 2.55 bits per heavy atom. The standard InChI is InChI=1S/C17H15ClF4N6O2S/c18-10-1-2-13-12(3-10)14(4-15(26-13)17(20,21)22)24-7-16(28-6-11(19)5-25-28)8-27(9-16)31(23,29)30/h1-6H,7-9H2,(H,24,26)(H2,23,29,30). The summed E-state index contributed by atoms with van der Waals surface area (Å²) in [6.45, 7) is -0.352. The van der Waals surface area contributed by atoms with Crippen molar-refractivity contribution in [3.05, 3.63) is 53.2 Å². The van der Waals surface area contributed by atoms with Gasteiger partial charge >= 0.3 is 6.18 Å². The molecule has 1 aliphatic heterocycles. The van der Waals surface area contributed by atoms with E-state index in [1.165, 1.54) is 22.9 Å². The SMILES string of the molecule is NS(=O)(=O)N1CC(CNc2cc(C(F)(F)F)nc3ccc(Cl)cc23)(n2cc(F)cn2)C1. The van der Waals surface area contributed by atoms with Gasteiger partial charge in [0.15, 0.2) is 5.82 Å². The Balaban J connectivity index is 1.71. The smallest absolute Gasteiger partial charge is 0.382 e. The Hall–Kier alpha value is -2.48. The lowest BCUT2D eigenvalue weighted by atomic mass is 9.92. The number of nitrogens with one attached hydrogen (secondary N) is 1. The Bertz CT molecular complexity index is 1260. The molecule has 14 heteroatoms. The van der Waals surface area contributed by atoms with Crippen LogP contribution in [0.2, 0.25) is 5.02 Å². The summed E-state index contributed by atoms with van der Waals surface area (Å²) in [6.07, 6.45) is -2.66. The van der Waals surface area contributed by atoms with Crippen molar-refractivity contribution in [2.75, 3.05) is 25.0 Å². The van der Waals surface area contributed by atoms with Crippen LogP contribution in [0.1, 0.15) is 5.69 Å². The molecule has 0 bridgehead atoms. The second kappa shape index (κ2) is 7.29. The van der Waals surface area contributed by atoms with Crippen molar-refractivity contribution in [3.8, 4) is 0 Å². The molecule has 166 valence electrons. The number of pyridine rings is 1. The van der Waals surface area contributed by atoms with Gasteiger partial charge in [-0.25, -0.2) is 14.5 Å². The molecular weight excluding hydrogens is 464 g/mol. The molecule has 0 atom stereocenters. The van der Waals surface area contributed by atoms with E-state index in [-0.39, 0.29) is 30.8 Å². The van der Waals surface area contributed by atoms with Gasteiger partial charge in [0, 0.05) is 35.7 Å². The minimum Gasteiger partial charge on any atom is -0.382 e. The van der Waals surface area contributed by atoms with Gasteiger partial charge in [0.1, 0.15) is 11.2 Å². The number of anilines is 1. The van der Waals surface area contributed by atoms with Gasteiger partial charge in [-0.3, -0.25) is 4.68 Å². The van der Waals surface area contributed by atoms with Crippen molar-refractivity contribution >= 4 is 38.4 Å². The maximum atomic E-state index is 13.5. The molecular formula is C17H15ClF4N6O2S. The molecule has 1 fully saturated rings. The van der Waals surface area contributed by atoms with Crippen LogP contribution in [0.5, 0.6) is 0 Å². The fourth-order valence-corrected chi connectivity index (χ4v) is 4.45. The molecule has 3 aromatic rings. The van der Waals surface area contributed by atoms with Crippen LogP contribution in [-0.4, -0.2) is 47.1 Å². The highest BCUT2D eigenvalue weighted by atomic mass is 35.5. The Labute approximate surface area is 178 Å². The third-order valence-corrected chi connectivity index (χ3v) is 6.22. The van der Waals surface area contributed by atoms with Crippen LogP contribution in [0.4, 0.5) is 23.2 Å². The minimum atomic E-state index is -4.69. The van der Waals surface area contributed by atoms with Gasteiger partial charge in [0.05, 0.1) is 17.9 Å². The van der Waals surface area contributed by atoms with Crippen LogP contribution in [-0.2, 0) is 21.9 Å². The summed E-state index contributed by atoms with van der Waals surface area (Å²) in [4.78, 5) is 3.64. The average Bonchev–Trinajstić information content (AvgIpc) is 3.05. The molecule has 0 aliphatic carbocycles. The molecule has 4 rings (SSSR count). The first-order valence-corrected chi connectivity index (χ1v) is 10.7. The van der Waals surface area contributed by atoms with Crippen molar-refractivity contribution in [2.45, 2.75) is 11.7 Å². The van der Waals surface area contributed by atoms with Gasteiger partial charge in [0.2, 0.25) is 0 Å². The van der Waals surface area contributed by atoms with Crippen LogP contribution in [0.3, 0.4) is 0 Å². The summed E-state index contributed by atoms with van der Waals surface area (Å²) in [6, 6.07) is 5.09. The molecule has 0 saturated carbocycles. The van der Waals surface area contributed by atoms with Crippen molar-refractivity contribution in [2.24, 2.45) is 5.14 Å². The summed E-state index contributed by atoms with van der Waals surface area (Å²) in [7, 11) is -3.99. The van der Waals surface area contributed by atoms with Gasteiger partial charge in [-0.1, -0.05) is 11.6 Å². The number of nitrogens with two attached hydrogens (primary N) is 1. The summed E-state index contributed by atoms with van der Waals surface area (Å²) in [5, 5.41) is 12.6. The molecule has 1 aliphatic rings. The van der Waals surface area contributed by atoms with E-state index in [0.717, 1.165) is 22.8 Å². The van der Waals surface area contributed by atoms with Crippen LogP contribution in [0.15, 0.2) is 36.7 Å². The number of hydrogen-bond acceptors (Lipinski definition) is 5. The predicted molar refractivity (Wildman–Crippen MR) is 105 cm³/mol. The maximum absolute atomic E-state index is 13.5. The van der Waals surface area contributed by atoms with E-state index in [1.54, 1.807) is 0 Å². The van der Waals surface area contributed by atoms with Crippen LogP contribution in [0.25, 0.3) is 10.9 Å². The van der Waals surface area contributed by atoms with Crippen molar-refractivity contribution in [3.63, 3.8) is 0 Å². The lowest BCUT2D eigenvalue weighted by molar-refractivity contribution is -0.140. The van der Waals surface area contributed by atoms with Crippen molar-refractivity contribution in [1.29, 1.82) is 0 Å². The topological polar surface area (TPSA) is 106 Å². The van der Waals surface area contributed by atoms with Gasteiger partial charge < -0.3 is 5.32 Å². The number of nitrogens with zero attached hydrogens (tertiary/aromatic N) is 4. The lowest BCUT2D eigenvalue weighted by Crippen LogP contribution is -2.68. The monoisotopic (exact) mass is 478 g/mol. The van der Waals surface area contributed by atoms with Gasteiger partial charge in [-0.05, 0) is 24.3 Å². The minimum absolute atomic E-state index is 0.0664. The zero-order chi connectivity index (χ0) is 22.6. The fraction of sp³-hybridized carbons (Fsp3) is 0.294. The number of rotatable bonds is 5. The van der Waals surface area contributed by atoms with Gasteiger partial charge in [0.25, 0.3) is 10.2 Å². The van der Waals surface area contributed by atoms with Crippen LogP contribution in [0, 0.1) is 5.82 Å². The van der Waals surface area contributed by atoms with Crippen molar-refractivity contribution in [1.82, 2.24) is 19.1 Å². The number of alkyl halides is 3. The molecule has 8 nitrogen and oxygen atoms in total. The Morgan fingerprint density at radius 2 is 1.97 bits per heavy atom. The quantitative estimate of drug-likeness (QED) is 0.548. The predicted octanol–water partition coefficient (Wildman–Crippen LogP) is 2.57. The first-order chi connectivity index (χ1) is 14.4. The van der Waals surface area contributed by atoms with E-state index in [9.17, 15) is 26.0 Å². The fourth-order valence-electron chi connectivity index (χ4n) is 3.44. The number of fused-ring (bicyclic) bond motifs is 1. The normalized spacial score (nSPS) is 17.0. The molecule has 0 amide bonds. The second-order valence-electron chi connectivity index (χ2n) is 7.21. The molecule has 0 unspecified atom stereocenters. The van der Waals surface area contributed by atoms with E-state index < -0.39 is 33.4 Å².